The molecule has 296 valence electrons. The van der Waals surface area contributed by atoms with Crippen molar-refractivity contribution in [3.8, 4) is 5.75 Å². The first kappa shape index (κ1) is 44.1. The molecule has 0 spiro atoms. The number of nitrogens with one attached hydrogen (secondary N) is 4. The van der Waals surface area contributed by atoms with E-state index >= 15 is 0 Å². The van der Waals surface area contributed by atoms with E-state index < -0.39 is 0 Å². The first-order valence-electron chi connectivity index (χ1n) is 18.8. The molecule has 2 aromatic rings. The molecule has 4 rings (SSSR count). The standard InChI is InChI=1S/C36H60ClN7O7.ClH/c1-28(13-17-47-19-21-49-23-25-51-26-24-50-22-20-48-18-16-45)44-14-11-30(12-15-44)39-35-41-34(38-29-7-5-3-4-6-8-29)42-36(43-35)40-31-9-10-33(46-2)32(37)27-31;/h9-10,27-30,45H,3-8,11-26H2,1-2H3,(H3,38,39,40,41,42,43);1H. The Labute approximate surface area is 320 Å². The summed E-state index contributed by atoms with van der Waals surface area (Å²) in [4.78, 5) is 15.9. The number of hydrogen-bond acceptors (Lipinski definition) is 13. The van der Waals surface area contributed by atoms with Crippen LogP contribution in [0, 0.1) is 0 Å². The molecule has 1 aliphatic carbocycles. The fraction of sp³-hybridized carbons (Fsp3) is 0.750. The summed E-state index contributed by atoms with van der Waals surface area (Å²) in [6.45, 7) is 9.77. The van der Waals surface area contributed by atoms with Gasteiger partial charge in [0, 0.05) is 37.0 Å². The number of aromatic nitrogens is 3. The molecule has 2 aliphatic rings. The lowest BCUT2D eigenvalue weighted by Gasteiger charge is -2.33. The molecule has 0 amide bonds. The van der Waals surface area contributed by atoms with Crippen LogP contribution in [0.2, 0.25) is 5.02 Å². The second kappa shape index (κ2) is 26.5. The highest BCUT2D eigenvalue weighted by Gasteiger charge is 2.27. The van der Waals surface area contributed by atoms with E-state index in [-0.39, 0.29) is 19.0 Å². The van der Waals surface area contributed by atoms with Gasteiger partial charge in [-0.3, -0.25) is 0 Å². The normalized spacial score (nSPS) is 18.6. The van der Waals surface area contributed by atoms with Crippen LogP contribution >= 0.6 is 11.6 Å². The van der Waals surface area contributed by atoms with Crippen LogP contribution in [0.4, 0.5) is 23.5 Å². The number of halogens is 2. The molecule has 1 aromatic carbocycles. The molecule has 1 saturated heterocycles. The van der Waals surface area contributed by atoms with Crippen LogP contribution in [-0.2, 0) is 23.7 Å². The van der Waals surface area contributed by atoms with E-state index in [0.29, 0.717) is 106 Å². The number of aliphatic hydroxyl groups is 1. The van der Waals surface area contributed by atoms with Crippen molar-refractivity contribution in [3.63, 3.8) is 0 Å². The van der Waals surface area contributed by atoms with Crippen LogP contribution in [0.25, 0.3) is 0 Å². The first-order valence-corrected chi connectivity index (χ1v) is 19.2. The highest BCUT2D eigenvalue weighted by Crippen LogP contribution is 2.29. The summed E-state index contributed by atoms with van der Waals surface area (Å²) in [5, 5.41) is 19.7. The van der Waals surface area contributed by atoms with Crippen molar-refractivity contribution in [2.75, 3.05) is 109 Å². The van der Waals surface area contributed by atoms with Crippen molar-refractivity contribution in [2.45, 2.75) is 82.8 Å². The van der Waals surface area contributed by atoms with Gasteiger partial charge in [-0.1, -0.05) is 37.3 Å². The number of benzene rings is 1. The Morgan fingerprint density at radius 3 is 1.75 bits per heavy atom. The maximum absolute atomic E-state index is 8.65. The lowest BCUT2D eigenvalue weighted by Crippen LogP contribution is -3.16. The highest BCUT2D eigenvalue weighted by atomic mass is 35.5. The largest absolute Gasteiger partial charge is 1.00 e. The quantitative estimate of drug-likeness (QED) is 0.0713. The van der Waals surface area contributed by atoms with Gasteiger partial charge in [0.25, 0.3) is 0 Å². The molecular formula is C36H61Cl2N7O7. The van der Waals surface area contributed by atoms with Crippen molar-refractivity contribution < 1.29 is 50.8 Å². The minimum absolute atomic E-state index is 0. The minimum atomic E-state index is 0. The maximum Gasteiger partial charge on any atom is 0.233 e. The van der Waals surface area contributed by atoms with Gasteiger partial charge in [-0.15, -0.1) is 0 Å². The van der Waals surface area contributed by atoms with Gasteiger partial charge in [-0.25, -0.2) is 0 Å². The summed E-state index contributed by atoms with van der Waals surface area (Å²) in [5.41, 5.74) is 0.780. The Kier molecular flexibility index (Phi) is 22.5. The molecule has 0 bridgehead atoms. The van der Waals surface area contributed by atoms with E-state index in [9.17, 15) is 0 Å². The van der Waals surface area contributed by atoms with Gasteiger partial charge in [0.2, 0.25) is 17.8 Å². The summed E-state index contributed by atoms with van der Waals surface area (Å²) in [5.74, 6) is 2.26. The van der Waals surface area contributed by atoms with E-state index in [1.165, 1.54) is 25.7 Å². The molecule has 0 radical (unpaired) electrons. The molecule has 2 heterocycles. The number of ether oxygens (including phenoxy) is 6. The van der Waals surface area contributed by atoms with Crippen LogP contribution in [0.5, 0.6) is 5.75 Å². The zero-order valence-electron chi connectivity index (χ0n) is 31.0. The number of likely N-dealkylation sites (tertiary alicyclic amines) is 1. The molecule has 1 aliphatic heterocycles. The van der Waals surface area contributed by atoms with Crippen molar-refractivity contribution in [1.29, 1.82) is 0 Å². The molecule has 1 saturated carbocycles. The fourth-order valence-electron chi connectivity index (χ4n) is 6.36. The zero-order valence-corrected chi connectivity index (χ0v) is 32.5. The van der Waals surface area contributed by atoms with E-state index in [4.69, 9.17) is 60.1 Å². The van der Waals surface area contributed by atoms with Gasteiger partial charge in [0.05, 0.1) is 104 Å². The predicted octanol–water partition coefficient (Wildman–Crippen LogP) is 0.729. The molecule has 5 N–H and O–H groups in total. The fourth-order valence-corrected chi connectivity index (χ4v) is 6.62. The molecule has 2 fully saturated rings. The molecule has 1 aromatic heterocycles. The molecule has 14 nitrogen and oxygen atoms in total. The highest BCUT2D eigenvalue weighted by molar-refractivity contribution is 6.32. The van der Waals surface area contributed by atoms with Crippen molar-refractivity contribution >= 4 is 35.1 Å². The van der Waals surface area contributed by atoms with Crippen LogP contribution < -0.4 is 38.0 Å². The Hall–Kier alpha value is -2.27. The van der Waals surface area contributed by atoms with E-state index in [2.05, 4.69) is 22.9 Å². The summed E-state index contributed by atoms with van der Waals surface area (Å²) in [7, 11) is 1.60. The van der Waals surface area contributed by atoms with E-state index in [1.54, 1.807) is 12.0 Å². The number of anilines is 4. The Morgan fingerprint density at radius 1 is 0.731 bits per heavy atom. The average molecular weight is 775 g/mol. The first-order chi connectivity index (χ1) is 25.0. The van der Waals surface area contributed by atoms with Crippen LogP contribution in [-0.4, -0.2) is 131 Å². The van der Waals surface area contributed by atoms with Gasteiger partial charge < -0.3 is 66.8 Å². The second-order valence-electron chi connectivity index (χ2n) is 13.2. The topological polar surface area (TPSA) is 155 Å². The number of hydrogen-bond donors (Lipinski definition) is 5. The lowest BCUT2D eigenvalue weighted by atomic mass is 10.0. The van der Waals surface area contributed by atoms with Gasteiger partial charge in [-0.2, -0.15) is 15.0 Å². The van der Waals surface area contributed by atoms with E-state index in [0.717, 1.165) is 57.5 Å². The summed E-state index contributed by atoms with van der Waals surface area (Å²) >= 11 is 6.39. The van der Waals surface area contributed by atoms with Crippen LogP contribution in [0.3, 0.4) is 0 Å². The van der Waals surface area contributed by atoms with Gasteiger partial charge >= 0.3 is 0 Å². The number of aliphatic hydroxyl groups excluding tert-OH is 1. The molecule has 1 atom stereocenters. The number of rotatable bonds is 25. The van der Waals surface area contributed by atoms with Gasteiger partial charge in [0.15, 0.2) is 0 Å². The minimum Gasteiger partial charge on any atom is -1.00 e. The number of quaternary nitrogens is 1. The molecule has 16 heteroatoms. The van der Waals surface area contributed by atoms with Crippen LogP contribution in [0.1, 0.15) is 64.7 Å². The third-order valence-corrected chi connectivity index (χ3v) is 9.60. The predicted molar refractivity (Wildman–Crippen MR) is 199 cm³/mol. The SMILES string of the molecule is COc1ccc(Nc2nc(NC3CCCCCC3)nc(NC3CC[NH+](C(C)CCOCCOCCOCCOCCOCCO)CC3)n2)cc1Cl.[Cl-]. The third-order valence-electron chi connectivity index (χ3n) is 9.31. The third kappa shape index (κ3) is 17.3. The Bertz CT molecular complexity index is 1230. The van der Waals surface area contributed by atoms with Gasteiger partial charge in [-0.05, 0) is 38.0 Å². The van der Waals surface area contributed by atoms with Crippen molar-refractivity contribution in [1.82, 2.24) is 15.0 Å². The van der Waals surface area contributed by atoms with E-state index in [1.807, 2.05) is 18.2 Å². The molecule has 1 unspecified atom stereocenters. The molecule has 52 heavy (non-hydrogen) atoms. The Balaban J connectivity index is 0.00000729. The number of piperidine rings is 1. The Morgan fingerprint density at radius 2 is 1.23 bits per heavy atom. The lowest BCUT2D eigenvalue weighted by molar-refractivity contribution is -0.928. The van der Waals surface area contributed by atoms with Crippen LogP contribution in [0.15, 0.2) is 18.2 Å². The van der Waals surface area contributed by atoms with Crippen molar-refractivity contribution in [2.24, 2.45) is 0 Å². The average Bonchev–Trinajstić information content (AvgIpc) is 3.40. The number of methoxy groups -OCH3 is 1. The summed E-state index contributed by atoms with van der Waals surface area (Å²) < 4.78 is 32.8. The smallest absolute Gasteiger partial charge is 0.233 e. The number of nitrogens with zero attached hydrogens (tertiary/aromatic N) is 3. The summed E-state index contributed by atoms with van der Waals surface area (Å²) in [6, 6.07) is 6.71. The zero-order chi connectivity index (χ0) is 35.9. The van der Waals surface area contributed by atoms with Crippen molar-refractivity contribution in [3.05, 3.63) is 23.2 Å². The van der Waals surface area contributed by atoms with Gasteiger partial charge in [0.1, 0.15) is 5.75 Å². The maximum atomic E-state index is 8.65. The monoisotopic (exact) mass is 773 g/mol. The second-order valence-corrected chi connectivity index (χ2v) is 13.6. The summed E-state index contributed by atoms with van der Waals surface area (Å²) in [6.07, 6.45) is 10.4. The molecular weight excluding hydrogens is 713 g/mol.